The van der Waals surface area contributed by atoms with Crippen LogP contribution in [0.25, 0.3) is 0 Å². The van der Waals surface area contributed by atoms with E-state index in [0.717, 1.165) is 0 Å². The number of rotatable bonds is 5. The van der Waals surface area contributed by atoms with Crippen LogP contribution in [0.1, 0.15) is 44.6 Å². The lowest BCUT2D eigenvalue weighted by Gasteiger charge is -2.24. The predicted octanol–water partition coefficient (Wildman–Crippen LogP) is 4.09. The van der Waals surface area contributed by atoms with Crippen LogP contribution in [-0.2, 0) is 9.47 Å². The van der Waals surface area contributed by atoms with Gasteiger partial charge in [-0.1, -0.05) is 24.3 Å². The van der Waals surface area contributed by atoms with Gasteiger partial charge in [-0.3, -0.25) is 5.32 Å². The summed E-state index contributed by atoms with van der Waals surface area (Å²) in [7, 11) is 0. The molecule has 118 valence electrons. The third-order valence-corrected chi connectivity index (χ3v) is 2.39. The third-order valence-electron chi connectivity index (χ3n) is 2.39. The molecule has 0 heterocycles. The van der Waals surface area contributed by atoms with Gasteiger partial charge in [0.25, 0.3) is 6.43 Å². The predicted molar refractivity (Wildman–Crippen MR) is 70.6 cm³/mol. The fourth-order valence-corrected chi connectivity index (χ4v) is 1.64. The van der Waals surface area contributed by atoms with Crippen molar-refractivity contribution in [3.05, 3.63) is 35.4 Å². The zero-order valence-corrected chi connectivity index (χ0v) is 12.0. The molecule has 0 saturated carbocycles. The van der Waals surface area contributed by atoms with Gasteiger partial charge in [-0.25, -0.2) is 18.0 Å². The Hall–Kier alpha value is -1.76. The van der Waals surface area contributed by atoms with E-state index in [2.05, 4.69) is 5.32 Å². The Labute approximate surface area is 121 Å². The number of carbonyl (C=O) groups is 1. The highest BCUT2D eigenvalue weighted by Crippen LogP contribution is 2.28. The Balaban J connectivity index is 2.94. The van der Waals surface area contributed by atoms with Gasteiger partial charge in [0, 0.05) is 11.1 Å². The van der Waals surface area contributed by atoms with Crippen LogP contribution in [0.3, 0.4) is 0 Å². The second-order valence-electron chi connectivity index (χ2n) is 5.23. The van der Waals surface area contributed by atoms with Gasteiger partial charge in [0.2, 0.25) is 0 Å². The van der Waals surface area contributed by atoms with Crippen LogP contribution in [0.5, 0.6) is 0 Å². The highest BCUT2D eigenvalue weighted by molar-refractivity contribution is 5.68. The molecule has 1 amide bonds. The third kappa shape index (κ3) is 5.63. The van der Waals surface area contributed by atoms with Gasteiger partial charge in [0.05, 0.1) is 0 Å². The lowest BCUT2D eigenvalue weighted by Crippen LogP contribution is -2.36. The SMILES string of the molecule is CC(C)(C)OC(=O)NC(OCF)c1ccccc1C(F)F. The first-order valence-corrected chi connectivity index (χ1v) is 6.28. The van der Waals surface area contributed by atoms with Crippen molar-refractivity contribution < 1.29 is 27.4 Å². The molecular weight excluding hydrogens is 287 g/mol. The molecule has 0 aliphatic rings. The number of ether oxygens (including phenoxy) is 2. The molecule has 0 bridgehead atoms. The van der Waals surface area contributed by atoms with E-state index in [-0.39, 0.29) is 11.1 Å². The minimum Gasteiger partial charge on any atom is -0.444 e. The zero-order valence-electron chi connectivity index (χ0n) is 12.0. The summed E-state index contributed by atoms with van der Waals surface area (Å²) in [5.74, 6) is 0. The van der Waals surface area contributed by atoms with Crippen molar-refractivity contribution in [3.63, 3.8) is 0 Å². The summed E-state index contributed by atoms with van der Waals surface area (Å²) in [6, 6.07) is 5.43. The Morgan fingerprint density at radius 1 is 1.24 bits per heavy atom. The number of hydrogen-bond donors (Lipinski definition) is 1. The van der Waals surface area contributed by atoms with Gasteiger partial charge >= 0.3 is 6.09 Å². The molecule has 0 saturated heterocycles. The number of amides is 1. The average Bonchev–Trinajstić information content (AvgIpc) is 2.36. The maximum Gasteiger partial charge on any atom is 0.409 e. The van der Waals surface area contributed by atoms with Crippen molar-refractivity contribution in [1.82, 2.24) is 5.32 Å². The molecule has 4 nitrogen and oxygen atoms in total. The van der Waals surface area contributed by atoms with Crippen molar-refractivity contribution >= 4 is 6.09 Å². The number of nitrogens with one attached hydrogen (secondary N) is 1. The normalized spacial score (nSPS) is 13.1. The number of alkyl halides is 3. The second kappa shape index (κ2) is 7.31. The van der Waals surface area contributed by atoms with E-state index in [1.807, 2.05) is 0 Å². The van der Waals surface area contributed by atoms with Gasteiger partial charge in [0.1, 0.15) is 5.60 Å². The van der Waals surface area contributed by atoms with E-state index in [0.29, 0.717) is 0 Å². The Morgan fingerprint density at radius 3 is 2.29 bits per heavy atom. The summed E-state index contributed by atoms with van der Waals surface area (Å²) in [6.45, 7) is 3.69. The largest absolute Gasteiger partial charge is 0.444 e. The molecule has 1 atom stereocenters. The van der Waals surface area contributed by atoms with Crippen LogP contribution < -0.4 is 5.32 Å². The van der Waals surface area contributed by atoms with E-state index in [4.69, 9.17) is 9.47 Å². The smallest absolute Gasteiger partial charge is 0.409 e. The highest BCUT2D eigenvalue weighted by Gasteiger charge is 2.24. The number of alkyl carbamates (subject to hydrolysis) is 1. The molecule has 0 aliphatic heterocycles. The first kappa shape index (κ1) is 17.3. The second-order valence-corrected chi connectivity index (χ2v) is 5.23. The maximum atomic E-state index is 12.9. The standard InChI is InChI=1S/C14H18F3NO3/c1-14(2,3)21-13(19)18-12(20-8-15)10-7-5-4-6-9(10)11(16)17/h4-7,11-12H,8H2,1-3H3,(H,18,19). The zero-order chi connectivity index (χ0) is 16.0. The minimum absolute atomic E-state index is 0.0176. The molecule has 1 rings (SSSR count). The van der Waals surface area contributed by atoms with Gasteiger partial charge in [0.15, 0.2) is 13.1 Å². The highest BCUT2D eigenvalue weighted by atomic mass is 19.3. The van der Waals surface area contributed by atoms with Crippen LogP contribution in [0, 0.1) is 0 Å². The van der Waals surface area contributed by atoms with Crippen molar-refractivity contribution in [3.8, 4) is 0 Å². The number of benzene rings is 1. The first-order chi connectivity index (χ1) is 9.74. The van der Waals surface area contributed by atoms with Gasteiger partial charge < -0.3 is 9.47 Å². The summed E-state index contributed by atoms with van der Waals surface area (Å²) in [5, 5.41) is 2.23. The quantitative estimate of drug-likeness (QED) is 0.833. The van der Waals surface area contributed by atoms with E-state index in [1.165, 1.54) is 24.3 Å². The Bertz CT molecular complexity index is 475. The summed E-state index contributed by atoms with van der Waals surface area (Å²) >= 11 is 0. The van der Waals surface area contributed by atoms with Gasteiger partial charge in [-0.2, -0.15) is 0 Å². The number of carbonyl (C=O) groups excluding carboxylic acids is 1. The van der Waals surface area contributed by atoms with Crippen LogP contribution >= 0.6 is 0 Å². The Kier molecular flexibility index (Phi) is 6.02. The summed E-state index contributed by atoms with van der Waals surface area (Å²) in [6.07, 6.45) is -5.01. The molecule has 0 aliphatic carbocycles. The molecule has 1 aromatic carbocycles. The number of hydrogen-bond acceptors (Lipinski definition) is 3. The molecule has 0 radical (unpaired) electrons. The van der Waals surface area contributed by atoms with Crippen LogP contribution in [0.4, 0.5) is 18.0 Å². The number of halogens is 3. The van der Waals surface area contributed by atoms with E-state index < -0.39 is 31.2 Å². The van der Waals surface area contributed by atoms with Crippen LogP contribution in [0.15, 0.2) is 24.3 Å². The molecule has 7 heteroatoms. The topological polar surface area (TPSA) is 47.6 Å². The average molecular weight is 305 g/mol. The molecule has 1 N–H and O–H groups in total. The van der Waals surface area contributed by atoms with Crippen LogP contribution in [0.2, 0.25) is 0 Å². The van der Waals surface area contributed by atoms with Gasteiger partial charge in [-0.15, -0.1) is 0 Å². The van der Waals surface area contributed by atoms with Crippen molar-refractivity contribution in [2.24, 2.45) is 0 Å². The van der Waals surface area contributed by atoms with Crippen molar-refractivity contribution in [1.29, 1.82) is 0 Å². The summed E-state index contributed by atoms with van der Waals surface area (Å²) in [5.41, 5.74) is -1.13. The molecule has 21 heavy (non-hydrogen) atoms. The molecule has 1 aromatic rings. The van der Waals surface area contributed by atoms with Crippen molar-refractivity contribution in [2.75, 3.05) is 6.86 Å². The van der Waals surface area contributed by atoms with Crippen molar-refractivity contribution in [2.45, 2.75) is 39.0 Å². The molecule has 1 unspecified atom stereocenters. The van der Waals surface area contributed by atoms with Gasteiger partial charge in [-0.05, 0) is 20.8 Å². The van der Waals surface area contributed by atoms with E-state index in [9.17, 15) is 18.0 Å². The van der Waals surface area contributed by atoms with E-state index in [1.54, 1.807) is 20.8 Å². The van der Waals surface area contributed by atoms with Crippen LogP contribution in [-0.4, -0.2) is 18.6 Å². The molecule has 0 aromatic heterocycles. The summed E-state index contributed by atoms with van der Waals surface area (Å²) < 4.78 is 48.0. The Morgan fingerprint density at radius 2 is 1.81 bits per heavy atom. The fraction of sp³-hybridized carbons (Fsp3) is 0.500. The lowest BCUT2D eigenvalue weighted by atomic mass is 10.1. The minimum atomic E-state index is -2.77. The maximum absolute atomic E-state index is 12.9. The fourth-order valence-electron chi connectivity index (χ4n) is 1.64. The summed E-state index contributed by atoms with van der Waals surface area (Å²) in [4.78, 5) is 11.7. The lowest BCUT2D eigenvalue weighted by molar-refractivity contribution is -0.0322. The molecule has 0 fully saturated rings. The molecule has 0 spiro atoms. The monoisotopic (exact) mass is 305 g/mol. The van der Waals surface area contributed by atoms with E-state index >= 15 is 0 Å². The molecular formula is C14H18F3NO3. The first-order valence-electron chi connectivity index (χ1n) is 6.28.